The Morgan fingerprint density at radius 2 is 1.89 bits per heavy atom. The number of para-hydroxylation sites is 2. The zero-order valence-corrected chi connectivity index (χ0v) is 16.5. The Morgan fingerprint density at radius 1 is 1.18 bits per heavy atom. The molecule has 0 aliphatic carbocycles. The number of hydrogen-bond acceptors (Lipinski definition) is 4. The largest absolute Gasteiger partial charge is 0.381 e. The molecule has 2 N–H and O–H groups in total. The molecular weight excluding hydrogens is 348 g/mol. The fraction of sp³-hybridized carbons (Fsp3) is 0.435. The van der Waals surface area contributed by atoms with Gasteiger partial charge in [0.05, 0.1) is 23.5 Å². The summed E-state index contributed by atoms with van der Waals surface area (Å²) in [5, 5.41) is 7.36. The second kappa shape index (κ2) is 8.23. The first-order valence-electron chi connectivity index (χ1n) is 10.2. The number of rotatable bonds is 5. The van der Waals surface area contributed by atoms with E-state index in [-0.39, 0.29) is 5.54 Å². The maximum atomic E-state index is 5.63. The molecule has 1 spiro atoms. The summed E-state index contributed by atoms with van der Waals surface area (Å²) in [7, 11) is 0. The zero-order chi connectivity index (χ0) is 19.4. The molecule has 1 aromatic rings. The van der Waals surface area contributed by atoms with Gasteiger partial charge < -0.3 is 20.3 Å². The monoisotopic (exact) mass is 378 g/mol. The zero-order valence-electron chi connectivity index (χ0n) is 16.5. The van der Waals surface area contributed by atoms with Crippen LogP contribution >= 0.6 is 0 Å². The van der Waals surface area contributed by atoms with Crippen LogP contribution in [0.3, 0.4) is 0 Å². The third-order valence-electron chi connectivity index (χ3n) is 5.94. The van der Waals surface area contributed by atoms with Gasteiger partial charge in [0.2, 0.25) is 0 Å². The first-order chi connectivity index (χ1) is 13.7. The number of fused-ring (bicyclic) bond motifs is 1. The standard InChI is InChI=1S/C23H30N4O/c1-3-8-19(18(2)27-13-6-7-14-27)17-24-22-23(11-15-28-16-12-23)26-21-10-5-4-9-20(21)25-22/h3-5,8-10,26H,1-2,6-7,11-17H2,(H,24,25)/b19-8-. The predicted molar refractivity (Wildman–Crippen MR) is 117 cm³/mol. The highest BCUT2D eigenvalue weighted by atomic mass is 16.5. The van der Waals surface area contributed by atoms with E-state index in [1.54, 1.807) is 0 Å². The van der Waals surface area contributed by atoms with Crippen LogP contribution in [0.25, 0.3) is 0 Å². The maximum absolute atomic E-state index is 5.63. The van der Waals surface area contributed by atoms with Crippen molar-refractivity contribution in [1.82, 2.24) is 4.90 Å². The lowest BCUT2D eigenvalue weighted by Gasteiger charge is -2.43. The molecule has 0 aromatic heterocycles. The molecule has 0 atom stereocenters. The molecule has 1 aromatic carbocycles. The van der Waals surface area contributed by atoms with Gasteiger partial charge in [0.1, 0.15) is 5.84 Å². The number of anilines is 2. The Bertz CT molecular complexity index is 799. The summed E-state index contributed by atoms with van der Waals surface area (Å²) >= 11 is 0. The normalized spacial score (nSPS) is 22.5. The molecule has 2 saturated heterocycles. The molecule has 3 aliphatic heterocycles. The van der Waals surface area contributed by atoms with Crippen LogP contribution in [0.2, 0.25) is 0 Å². The highest BCUT2D eigenvalue weighted by Crippen LogP contribution is 2.36. The molecule has 0 radical (unpaired) electrons. The molecular formula is C23H30N4O. The minimum absolute atomic E-state index is 0.194. The van der Waals surface area contributed by atoms with Crippen LogP contribution in [-0.4, -0.2) is 49.1 Å². The molecule has 4 rings (SSSR count). The molecule has 0 unspecified atom stereocenters. The molecule has 0 amide bonds. The third kappa shape index (κ3) is 3.72. The minimum Gasteiger partial charge on any atom is -0.381 e. The number of benzene rings is 1. The maximum Gasteiger partial charge on any atom is 0.127 e. The summed E-state index contributed by atoms with van der Waals surface area (Å²) in [6.07, 6.45) is 8.16. The van der Waals surface area contributed by atoms with E-state index in [0.717, 1.165) is 67.6 Å². The van der Waals surface area contributed by atoms with Crippen molar-refractivity contribution in [1.29, 1.82) is 0 Å². The number of nitrogens with zero attached hydrogens (tertiary/aromatic N) is 2. The van der Waals surface area contributed by atoms with Crippen LogP contribution in [0, 0.1) is 0 Å². The third-order valence-corrected chi connectivity index (χ3v) is 5.94. The van der Waals surface area contributed by atoms with Gasteiger partial charge in [-0.2, -0.15) is 0 Å². The summed E-state index contributed by atoms with van der Waals surface area (Å²) in [6.45, 7) is 12.5. The lowest BCUT2D eigenvalue weighted by atomic mass is 9.86. The van der Waals surface area contributed by atoms with Crippen molar-refractivity contribution >= 4 is 17.2 Å². The summed E-state index contributed by atoms with van der Waals surface area (Å²) in [4.78, 5) is 7.42. The molecule has 5 nitrogen and oxygen atoms in total. The number of amidine groups is 1. The Balaban J connectivity index is 1.60. The smallest absolute Gasteiger partial charge is 0.127 e. The van der Waals surface area contributed by atoms with Crippen LogP contribution in [0.1, 0.15) is 25.7 Å². The van der Waals surface area contributed by atoms with E-state index in [0.29, 0.717) is 6.54 Å². The van der Waals surface area contributed by atoms with Gasteiger partial charge in [-0.05, 0) is 30.5 Å². The van der Waals surface area contributed by atoms with Gasteiger partial charge in [-0.1, -0.05) is 37.4 Å². The SMILES string of the molecule is C=C/C=C(/CN=C1Nc2ccccc2NC12CCOCC2)C(=C)N1CCCC1. The number of likely N-dealkylation sites (tertiary alicyclic amines) is 1. The topological polar surface area (TPSA) is 48.9 Å². The number of allylic oxidation sites excluding steroid dienone is 2. The van der Waals surface area contributed by atoms with Crippen LogP contribution in [-0.2, 0) is 4.74 Å². The van der Waals surface area contributed by atoms with Gasteiger partial charge >= 0.3 is 0 Å². The average Bonchev–Trinajstić information content (AvgIpc) is 3.26. The summed E-state index contributed by atoms with van der Waals surface area (Å²) in [5.41, 5.74) is 4.22. The van der Waals surface area contributed by atoms with Crippen molar-refractivity contribution in [3.8, 4) is 0 Å². The lowest BCUT2D eigenvalue weighted by Crippen LogP contribution is -2.55. The molecule has 0 saturated carbocycles. The second-order valence-electron chi connectivity index (χ2n) is 7.72. The van der Waals surface area contributed by atoms with E-state index in [1.807, 2.05) is 18.2 Å². The van der Waals surface area contributed by atoms with Crippen molar-refractivity contribution in [3.63, 3.8) is 0 Å². The second-order valence-corrected chi connectivity index (χ2v) is 7.72. The van der Waals surface area contributed by atoms with E-state index < -0.39 is 0 Å². The molecule has 0 bridgehead atoms. The fourth-order valence-electron chi connectivity index (χ4n) is 4.27. The van der Waals surface area contributed by atoms with Crippen LogP contribution in [0.4, 0.5) is 11.4 Å². The molecule has 3 heterocycles. The van der Waals surface area contributed by atoms with Crippen molar-refractivity contribution < 1.29 is 4.74 Å². The quantitative estimate of drug-likeness (QED) is 0.754. The Hall–Kier alpha value is -2.53. The van der Waals surface area contributed by atoms with Gasteiger partial charge in [-0.3, -0.25) is 4.99 Å². The fourth-order valence-corrected chi connectivity index (χ4v) is 4.27. The number of nitrogens with one attached hydrogen (secondary N) is 2. The first-order valence-corrected chi connectivity index (χ1v) is 10.2. The average molecular weight is 379 g/mol. The summed E-state index contributed by atoms with van der Waals surface area (Å²) in [5.74, 6) is 0.999. The van der Waals surface area contributed by atoms with Crippen LogP contribution in [0.15, 0.2) is 65.8 Å². The summed E-state index contributed by atoms with van der Waals surface area (Å²) in [6, 6.07) is 8.32. The van der Waals surface area contributed by atoms with Crippen molar-refractivity contribution in [3.05, 3.63) is 60.8 Å². The van der Waals surface area contributed by atoms with Crippen molar-refractivity contribution in [2.45, 2.75) is 31.2 Å². The molecule has 2 fully saturated rings. The van der Waals surface area contributed by atoms with Crippen LogP contribution < -0.4 is 10.6 Å². The van der Waals surface area contributed by atoms with Crippen molar-refractivity contribution in [2.75, 3.05) is 43.5 Å². The molecule has 28 heavy (non-hydrogen) atoms. The lowest BCUT2D eigenvalue weighted by molar-refractivity contribution is 0.0778. The van der Waals surface area contributed by atoms with E-state index in [9.17, 15) is 0 Å². The molecule has 3 aliphatic rings. The van der Waals surface area contributed by atoms with E-state index in [4.69, 9.17) is 9.73 Å². The summed E-state index contributed by atoms with van der Waals surface area (Å²) < 4.78 is 5.63. The number of hydrogen-bond donors (Lipinski definition) is 2. The van der Waals surface area contributed by atoms with E-state index >= 15 is 0 Å². The van der Waals surface area contributed by atoms with Gasteiger partial charge in [0.25, 0.3) is 0 Å². The van der Waals surface area contributed by atoms with Gasteiger partial charge in [-0.25, -0.2) is 0 Å². The number of aliphatic imine (C=N–C) groups is 1. The first kappa shape index (κ1) is 18.8. The Labute approximate surface area is 167 Å². The van der Waals surface area contributed by atoms with Crippen molar-refractivity contribution in [2.24, 2.45) is 4.99 Å². The van der Waals surface area contributed by atoms with Gasteiger partial charge in [-0.15, -0.1) is 0 Å². The highest BCUT2D eigenvalue weighted by Gasteiger charge is 2.41. The number of ether oxygens (including phenoxy) is 1. The highest BCUT2D eigenvalue weighted by molar-refractivity contribution is 6.09. The molecule has 148 valence electrons. The predicted octanol–water partition coefficient (Wildman–Crippen LogP) is 4.19. The van der Waals surface area contributed by atoms with Crippen LogP contribution in [0.5, 0.6) is 0 Å². The van der Waals surface area contributed by atoms with E-state index in [2.05, 4.69) is 46.9 Å². The van der Waals surface area contributed by atoms with Gasteiger partial charge in [0, 0.05) is 44.8 Å². The molecule has 5 heteroatoms. The van der Waals surface area contributed by atoms with E-state index in [1.165, 1.54) is 12.8 Å². The van der Waals surface area contributed by atoms with Gasteiger partial charge in [0.15, 0.2) is 0 Å². The Morgan fingerprint density at radius 3 is 2.61 bits per heavy atom. The minimum atomic E-state index is -0.194. The Kier molecular flexibility index (Phi) is 5.53.